The van der Waals surface area contributed by atoms with Crippen molar-refractivity contribution in [3.63, 3.8) is 0 Å². The molecule has 1 atom stereocenters. The zero-order valence-electron chi connectivity index (χ0n) is 8.32. The molecule has 0 amide bonds. The standard InChI is InChI=1S/C11H15NO2/c1-13-10-4-2-3-8-5-6-9(7-12)14-11(8)10/h2-4,9H,5-7,12H2,1H3/t9-/m1/s1. The summed E-state index contributed by atoms with van der Waals surface area (Å²) < 4.78 is 11.0. The fourth-order valence-corrected chi connectivity index (χ4v) is 1.76. The third-order valence-electron chi connectivity index (χ3n) is 2.56. The van der Waals surface area contributed by atoms with Crippen molar-refractivity contribution in [3.05, 3.63) is 23.8 Å². The van der Waals surface area contributed by atoms with E-state index in [9.17, 15) is 0 Å². The molecule has 3 nitrogen and oxygen atoms in total. The Kier molecular flexibility index (Phi) is 2.59. The fourth-order valence-electron chi connectivity index (χ4n) is 1.76. The average Bonchev–Trinajstić information content (AvgIpc) is 2.27. The van der Waals surface area contributed by atoms with Gasteiger partial charge in [-0.2, -0.15) is 0 Å². The van der Waals surface area contributed by atoms with E-state index in [4.69, 9.17) is 15.2 Å². The predicted molar refractivity (Wildman–Crippen MR) is 54.8 cm³/mol. The molecule has 2 rings (SSSR count). The number of methoxy groups -OCH3 is 1. The summed E-state index contributed by atoms with van der Waals surface area (Å²) in [5.41, 5.74) is 6.80. The van der Waals surface area contributed by atoms with Gasteiger partial charge in [0.2, 0.25) is 0 Å². The van der Waals surface area contributed by atoms with Crippen LogP contribution in [0.3, 0.4) is 0 Å². The first-order valence-electron chi connectivity index (χ1n) is 4.87. The third-order valence-corrected chi connectivity index (χ3v) is 2.56. The van der Waals surface area contributed by atoms with Crippen molar-refractivity contribution in [2.24, 2.45) is 5.73 Å². The monoisotopic (exact) mass is 193 g/mol. The van der Waals surface area contributed by atoms with Crippen molar-refractivity contribution < 1.29 is 9.47 Å². The van der Waals surface area contributed by atoms with Crippen LogP contribution in [0.5, 0.6) is 11.5 Å². The highest BCUT2D eigenvalue weighted by atomic mass is 16.5. The molecule has 3 heteroatoms. The minimum Gasteiger partial charge on any atom is -0.493 e. The Morgan fingerprint density at radius 2 is 2.43 bits per heavy atom. The number of aryl methyl sites for hydroxylation is 1. The summed E-state index contributed by atoms with van der Waals surface area (Å²) in [4.78, 5) is 0. The Morgan fingerprint density at radius 1 is 1.57 bits per heavy atom. The quantitative estimate of drug-likeness (QED) is 0.771. The van der Waals surface area contributed by atoms with E-state index in [1.807, 2.05) is 12.1 Å². The molecule has 0 bridgehead atoms. The Balaban J connectivity index is 2.33. The lowest BCUT2D eigenvalue weighted by molar-refractivity contribution is 0.173. The van der Waals surface area contributed by atoms with Gasteiger partial charge in [0, 0.05) is 6.54 Å². The molecule has 0 saturated heterocycles. The van der Waals surface area contributed by atoms with Gasteiger partial charge in [0.25, 0.3) is 0 Å². The van der Waals surface area contributed by atoms with Gasteiger partial charge in [-0.15, -0.1) is 0 Å². The van der Waals surface area contributed by atoms with Crippen molar-refractivity contribution in [2.75, 3.05) is 13.7 Å². The summed E-state index contributed by atoms with van der Waals surface area (Å²) in [6, 6.07) is 5.98. The summed E-state index contributed by atoms with van der Waals surface area (Å²) >= 11 is 0. The van der Waals surface area contributed by atoms with Crippen molar-refractivity contribution in [3.8, 4) is 11.5 Å². The molecule has 76 valence electrons. The molecule has 0 spiro atoms. The Morgan fingerprint density at radius 3 is 3.14 bits per heavy atom. The van der Waals surface area contributed by atoms with Crippen molar-refractivity contribution in [1.29, 1.82) is 0 Å². The minimum atomic E-state index is 0.138. The van der Waals surface area contributed by atoms with Gasteiger partial charge in [0.05, 0.1) is 7.11 Å². The summed E-state index contributed by atoms with van der Waals surface area (Å²) in [6.45, 7) is 0.567. The van der Waals surface area contributed by atoms with Gasteiger partial charge in [0.15, 0.2) is 11.5 Å². The number of hydrogen-bond acceptors (Lipinski definition) is 3. The number of fused-ring (bicyclic) bond motifs is 1. The second-order valence-corrected chi connectivity index (χ2v) is 3.46. The van der Waals surface area contributed by atoms with Crippen molar-refractivity contribution >= 4 is 0 Å². The highest BCUT2D eigenvalue weighted by molar-refractivity contribution is 5.47. The van der Waals surface area contributed by atoms with E-state index < -0.39 is 0 Å². The maximum absolute atomic E-state index is 5.75. The van der Waals surface area contributed by atoms with Gasteiger partial charge >= 0.3 is 0 Å². The number of nitrogens with two attached hydrogens (primary N) is 1. The van der Waals surface area contributed by atoms with E-state index in [0.29, 0.717) is 6.54 Å². The predicted octanol–water partition coefficient (Wildman–Crippen LogP) is 1.35. The van der Waals surface area contributed by atoms with Crippen LogP contribution in [0.4, 0.5) is 0 Å². The summed E-state index contributed by atoms with van der Waals surface area (Å²) in [7, 11) is 1.66. The fraction of sp³-hybridized carbons (Fsp3) is 0.455. The SMILES string of the molecule is COc1cccc2c1O[C@@H](CN)CC2. The van der Waals surface area contributed by atoms with Crippen LogP contribution in [-0.4, -0.2) is 19.8 Å². The Bertz CT molecular complexity index is 311. The second kappa shape index (κ2) is 3.88. The summed E-state index contributed by atoms with van der Waals surface area (Å²) in [5, 5.41) is 0. The maximum Gasteiger partial charge on any atom is 0.164 e. The number of rotatable bonds is 2. The molecular formula is C11H15NO2. The molecule has 1 aliphatic heterocycles. The second-order valence-electron chi connectivity index (χ2n) is 3.46. The molecule has 0 aliphatic carbocycles. The lowest BCUT2D eigenvalue weighted by Gasteiger charge is -2.26. The average molecular weight is 193 g/mol. The highest BCUT2D eigenvalue weighted by Gasteiger charge is 2.21. The molecule has 14 heavy (non-hydrogen) atoms. The van der Waals surface area contributed by atoms with E-state index >= 15 is 0 Å². The van der Waals surface area contributed by atoms with Gasteiger partial charge in [0.1, 0.15) is 6.10 Å². The number of hydrogen-bond donors (Lipinski definition) is 1. The Labute approximate surface area is 83.8 Å². The van der Waals surface area contributed by atoms with E-state index in [1.54, 1.807) is 7.11 Å². The summed E-state index contributed by atoms with van der Waals surface area (Å²) in [6.07, 6.45) is 2.16. The third kappa shape index (κ3) is 1.55. The molecule has 2 N–H and O–H groups in total. The van der Waals surface area contributed by atoms with Crippen LogP contribution in [0.25, 0.3) is 0 Å². The van der Waals surface area contributed by atoms with Gasteiger partial charge in [-0.05, 0) is 24.5 Å². The molecule has 0 saturated carbocycles. The first-order valence-corrected chi connectivity index (χ1v) is 4.87. The molecule has 0 radical (unpaired) electrons. The van der Waals surface area contributed by atoms with Gasteiger partial charge in [-0.25, -0.2) is 0 Å². The molecule has 1 aromatic carbocycles. The zero-order valence-corrected chi connectivity index (χ0v) is 8.32. The van der Waals surface area contributed by atoms with Gasteiger partial charge < -0.3 is 15.2 Å². The normalized spacial score (nSPS) is 19.7. The molecule has 0 unspecified atom stereocenters. The smallest absolute Gasteiger partial charge is 0.164 e. The highest BCUT2D eigenvalue weighted by Crippen LogP contribution is 2.36. The van der Waals surface area contributed by atoms with Crippen molar-refractivity contribution in [2.45, 2.75) is 18.9 Å². The van der Waals surface area contributed by atoms with Crippen LogP contribution < -0.4 is 15.2 Å². The number of ether oxygens (including phenoxy) is 2. The first kappa shape index (κ1) is 9.34. The van der Waals surface area contributed by atoms with Crippen LogP contribution in [0.1, 0.15) is 12.0 Å². The number of benzene rings is 1. The Hall–Kier alpha value is -1.22. The molecule has 0 aromatic heterocycles. The van der Waals surface area contributed by atoms with Crippen molar-refractivity contribution in [1.82, 2.24) is 0 Å². The van der Waals surface area contributed by atoms with Crippen LogP contribution in [0.15, 0.2) is 18.2 Å². The van der Waals surface area contributed by atoms with Gasteiger partial charge in [-0.3, -0.25) is 0 Å². The van der Waals surface area contributed by atoms with Crippen LogP contribution in [-0.2, 0) is 6.42 Å². The van der Waals surface area contributed by atoms with E-state index in [0.717, 1.165) is 24.3 Å². The lowest BCUT2D eigenvalue weighted by atomic mass is 10.0. The molecule has 1 aliphatic rings. The molecule has 1 heterocycles. The van der Waals surface area contributed by atoms with Gasteiger partial charge in [-0.1, -0.05) is 12.1 Å². The number of para-hydroxylation sites is 1. The van der Waals surface area contributed by atoms with E-state index in [2.05, 4.69) is 6.07 Å². The van der Waals surface area contributed by atoms with Crippen LogP contribution >= 0.6 is 0 Å². The maximum atomic E-state index is 5.75. The molecule has 0 fully saturated rings. The lowest BCUT2D eigenvalue weighted by Crippen LogP contribution is -2.30. The topological polar surface area (TPSA) is 44.5 Å². The largest absolute Gasteiger partial charge is 0.493 e. The zero-order chi connectivity index (χ0) is 9.97. The van der Waals surface area contributed by atoms with Crippen LogP contribution in [0.2, 0.25) is 0 Å². The first-order chi connectivity index (χ1) is 6.85. The minimum absolute atomic E-state index is 0.138. The molecular weight excluding hydrogens is 178 g/mol. The van der Waals surface area contributed by atoms with E-state index in [-0.39, 0.29) is 6.10 Å². The summed E-state index contributed by atoms with van der Waals surface area (Å²) in [5.74, 6) is 1.68. The molecule has 1 aromatic rings. The van der Waals surface area contributed by atoms with E-state index in [1.165, 1.54) is 5.56 Å². The van der Waals surface area contributed by atoms with Crippen LogP contribution in [0, 0.1) is 0 Å².